The summed E-state index contributed by atoms with van der Waals surface area (Å²) in [5.74, 6) is -1.10. The molecule has 2 N–H and O–H groups in total. The fourth-order valence-corrected chi connectivity index (χ4v) is 2.66. The fourth-order valence-electron chi connectivity index (χ4n) is 1.95. The zero-order chi connectivity index (χ0) is 18.3. The maximum atomic E-state index is 12.4. The number of nitrogens with zero attached hydrogens (tertiary/aromatic N) is 2. The quantitative estimate of drug-likeness (QED) is 0.708. The molecule has 0 spiro atoms. The Bertz CT molecular complexity index is 584. The monoisotopic (exact) mass is 355 g/mol. The second kappa shape index (κ2) is 9.36. The molecule has 0 aliphatic heterocycles. The van der Waals surface area contributed by atoms with E-state index in [-0.39, 0.29) is 43.0 Å². The largest absolute Gasteiger partial charge is 0.481 e. The number of anilines is 1. The Morgan fingerprint density at radius 1 is 1.29 bits per heavy atom. The molecule has 0 saturated carbocycles. The summed E-state index contributed by atoms with van der Waals surface area (Å²) in [4.78, 5) is 40.6. The Kier molecular flexibility index (Phi) is 7.84. The van der Waals surface area contributed by atoms with E-state index >= 15 is 0 Å². The van der Waals surface area contributed by atoms with Gasteiger partial charge < -0.3 is 15.3 Å². The van der Waals surface area contributed by atoms with Crippen molar-refractivity contribution in [1.82, 2.24) is 9.88 Å². The molecule has 134 valence electrons. The first-order chi connectivity index (χ1) is 11.2. The zero-order valence-electron chi connectivity index (χ0n) is 14.5. The highest BCUT2D eigenvalue weighted by molar-refractivity contribution is 7.13. The van der Waals surface area contributed by atoms with Gasteiger partial charge in [-0.2, -0.15) is 0 Å². The Morgan fingerprint density at radius 3 is 2.50 bits per heavy atom. The lowest BCUT2D eigenvalue weighted by atomic mass is 10.2. The summed E-state index contributed by atoms with van der Waals surface area (Å²) < 4.78 is 0. The van der Waals surface area contributed by atoms with E-state index in [0.717, 1.165) is 0 Å². The zero-order valence-corrected chi connectivity index (χ0v) is 15.4. The van der Waals surface area contributed by atoms with Crippen LogP contribution < -0.4 is 5.32 Å². The van der Waals surface area contributed by atoms with Crippen LogP contribution in [0.4, 0.5) is 5.13 Å². The third-order valence-corrected chi connectivity index (χ3v) is 3.98. The van der Waals surface area contributed by atoms with Crippen molar-refractivity contribution >= 4 is 34.3 Å². The number of aliphatic carboxylic acids is 1. The minimum atomic E-state index is -0.927. The molecule has 7 nitrogen and oxygen atoms in total. The van der Waals surface area contributed by atoms with Crippen LogP contribution in [-0.4, -0.2) is 45.9 Å². The maximum Gasteiger partial charge on any atom is 0.305 e. The van der Waals surface area contributed by atoms with Gasteiger partial charge in [-0.15, -0.1) is 11.3 Å². The number of amides is 2. The van der Waals surface area contributed by atoms with Crippen molar-refractivity contribution < 1.29 is 19.5 Å². The minimum Gasteiger partial charge on any atom is -0.481 e. The molecule has 0 aliphatic rings. The number of hydrogen-bond acceptors (Lipinski definition) is 5. The highest BCUT2D eigenvalue weighted by Crippen LogP contribution is 2.17. The van der Waals surface area contributed by atoms with Gasteiger partial charge in [0.05, 0.1) is 18.5 Å². The van der Waals surface area contributed by atoms with Crippen LogP contribution in [0.15, 0.2) is 5.38 Å². The van der Waals surface area contributed by atoms with E-state index in [1.807, 2.05) is 13.8 Å². The number of carboxylic acids is 1. The topological polar surface area (TPSA) is 99.6 Å². The lowest BCUT2D eigenvalue weighted by Crippen LogP contribution is -2.37. The van der Waals surface area contributed by atoms with Gasteiger partial charge in [0, 0.05) is 24.4 Å². The minimum absolute atomic E-state index is 0.0782. The van der Waals surface area contributed by atoms with Crippen LogP contribution in [0.5, 0.6) is 0 Å². The molecular weight excluding hydrogens is 330 g/mol. The number of aromatic nitrogens is 1. The van der Waals surface area contributed by atoms with E-state index in [9.17, 15) is 14.4 Å². The fraction of sp³-hybridized carbons (Fsp3) is 0.625. The summed E-state index contributed by atoms with van der Waals surface area (Å²) in [6, 6.07) is 0. The van der Waals surface area contributed by atoms with Gasteiger partial charge in [0.2, 0.25) is 11.8 Å². The van der Waals surface area contributed by atoms with Gasteiger partial charge in [-0.25, -0.2) is 4.98 Å². The van der Waals surface area contributed by atoms with Crippen molar-refractivity contribution in [2.75, 3.05) is 18.4 Å². The van der Waals surface area contributed by atoms with E-state index in [0.29, 0.717) is 17.4 Å². The SMILES string of the molecule is CC(C)CN(CCC(=O)O)C(=O)Cc1csc(NC(=O)C(C)C)n1. The lowest BCUT2D eigenvalue weighted by Gasteiger charge is -2.23. The van der Waals surface area contributed by atoms with Gasteiger partial charge in [0.15, 0.2) is 5.13 Å². The third-order valence-electron chi connectivity index (χ3n) is 3.17. The van der Waals surface area contributed by atoms with E-state index in [1.165, 1.54) is 11.3 Å². The van der Waals surface area contributed by atoms with Gasteiger partial charge in [-0.05, 0) is 5.92 Å². The van der Waals surface area contributed by atoms with Crippen LogP contribution >= 0.6 is 11.3 Å². The molecule has 0 atom stereocenters. The van der Waals surface area contributed by atoms with Crippen molar-refractivity contribution in [2.24, 2.45) is 11.8 Å². The number of carbonyl (C=O) groups is 3. The molecule has 1 aromatic rings. The van der Waals surface area contributed by atoms with Gasteiger partial charge >= 0.3 is 5.97 Å². The van der Waals surface area contributed by atoms with E-state index in [1.54, 1.807) is 24.1 Å². The molecular formula is C16H25N3O4S. The number of nitrogens with one attached hydrogen (secondary N) is 1. The molecule has 2 amide bonds. The van der Waals surface area contributed by atoms with Crippen molar-refractivity contribution in [2.45, 2.75) is 40.5 Å². The smallest absolute Gasteiger partial charge is 0.305 e. The first-order valence-corrected chi connectivity index (χ1v) is 8.81. The first kappa shape index (κ1) is 20.1. The standard InChI is InChI=1S/C16H25N3O4S/c1-10(2)8-19(6-5-14(21)22)13(20)7-12-9-24-16(17-12)18-15(23)11(3)4/h9-11H,5-8H2,1-4H3,(H,21,22)(H,17,18,23). The average Bonchev–Trinajstić information content (AvgIpc) is 2.89. The highest BCUT2D eigenvalue weighted by atomic mass is 32.1. The number of carboxylic acid groups (broad SMARTS) is 1. The van der Waals surface area contributed by atoms with Crippen LogP contribution in [0.25, 0.3) is 0 Å². The molecule has 0 aliphatic carbocycles. The molecule has 0 bridgehead atoms. The van der Waals surface area contributed by atoms with Crippen LogP contribution in [0.2, 0.25) is 0 Å². The van der Waals surface area contributed by atoms with Gasteiger partial charge in [0.1, 0.15) is 0 Å². The maximum absolute atomic E-state index is 12.4. The summed E-state index contributed by atoms with van der Waals surface area (Å²) in [5.41, 5.74) is 0.577. The normalized spacial score (nSPS) is 10.9. The van der Waals surface area contributed by atoms with Gasteiger partial charge in [-0.3, -0.25) is 14.4 Å². The molecule has 0 aromatic carbocycles. The van der Waals surface area contributed by atoms with Crippen LogP contribution in [0, 0.1) is 11.8 Å². The molecule has 24 heavy (non-hydrogen) atoms. The lowest BCUT2D eigenvalue weighted by molar-refractivity contribution is -0.138. The summed E-state index contributed by atoms with van der Waals surface area (Å²) in [5, 5.41) is 13.7. The number of carbonyl (C=O) groups excluding carboxylic acids is 2. The average molecular weight is 355 g/mol. The number of thiazole rings is 1. The Labute approximate surface area is 146 Å². The molecule has 1 rings (SSSR count). The molecule has 0 fully saturated rings. The summed E-state index contributed by atoms with van der Waals surface area (Å²) in [6.07, 6.45) is 0.0195. The van der Waals surface area contributed by atoms with Crippen molar-refractivity contribution in [1.29, 1.82) is 0 Å². The molecule has 1 aromatic heterocycles. The Hall–Kier alpha value is -1.96. The van der Waals surface area contributed by atoms with Crippen molar-refractivity contribution in [3.05, 3.63) is 11.1 Å². The van der Waals surface area contributed by atoms with Crippen molar-refractivity contribution in [3.63, 3.8) is 0 Å². The Balaban J connectivity index is 2.67. The summed E-state index contributed by atoms with van der Waals surface area (Å²) in [7, 11) is 0. The van der Waals surface area contributed by atoms with Crippen LogP contribution in [0.1, 0.15) is 39.8 Å². The van der Waals surface area contributed by atoms with E-state index < -0.39 is 5.97 Å². The predicted molar refractivity (Wildman–Crippen MR) is 93.0 cm³/mol. The van der Waals surface area contributed by atoms with E-state index in [4.69, 9.17) is 5.11 Å². The number of hydrogen-bond donors (Lipinski definition) is 2. The second-order valence-electron chi connectivity index (χ2n) is 6.34. The molecule has 8 heteroatoms. The first-order valence-electron chi connectivity index (χ1n) is 7.93. The molecule has 0 radical (unpaired) electrons. The van der Waals surface area contributed by atoms with E-state index in [2.05, 4.69) is 10.3 Å². The predicted octanol–water partition coefficient (Wildman–Crippen LogP) is 2.24. The second-order valence-corrected chi connectivity index (χ2v) is 7.20. The third kappa shape index (κ3) is 7.08. The van der Waals surface area contributed by atoms with Gasteiger partial charge in [-0.1, -0.05) is 27.7 Å². The molecule has 1 heterocycles. The number of rotatable bonds is 9. The van der Waals surface area contributed by atoms with Crippen molar-refractivity contribution in [3.8, 4) is 0 Å². The van der Waals surface area contributed by atoms with Gasteiger partial charge in [0.25, 0.3) is 0 Å². The Morgan fingerprint density at radius 2 is 1.96 bits per heavy atom. The summed E-state index contributed by atoms with van der Waals surface area (Å²) >= 11 is 1.27. The highest BCUT2D eigenvalue weighted by Gasteiger charge is 2.18. The molecule has 0 unspecified atom stereocenters. The van der Waals surface area contributed by atoms with Crippen LogP contribution in [-0.2, 0) is 20.8 Å². The molecule has 0 saturated heterocycles. The van der Waals surface area contributed by atoms with Crippen LogP contribution in [0.3, 0.4) is 0 Å². The summed E-state index contributed by atoms with van der Waals surface area (Å²) in [6.45, 7) is 8.23.